The van der Waals surface area contributed by atoms with Crippen molar-refractivity contribution >= 4 is 23.5 Å². The summed E-state index contributed by atoms with van der Waals surface area (Å²) in [5.41, 5.74) is 9.03. The van der Waals surface area contributed by atoms with Gasteiger partial charge in [0.25, 0.3) is 0 Å². The number of ketones is 2. The number of carbonyl (C=O) groups is 3. The Morgan fingerprint density at radius 1 is 0.962 bits per heavy atom. The molecule has 7 aliphatic carbocycles. The van der Waals surface area contributed by atoms with E-state index in [0.29, 0.717) is 37.2 Å². The van der Waals surface area contributed by atoms with Gasteiger partial charge in [-0.25, -0.2) is 0 Å². The molecule has 0 spiro atoms. The zero-order valence-electron chi connectivity index (χ0n) is 45.4. The number of aliphatic hydroxyl groups excluding tert-OH is 4. The number of hydrogen-bond donors (Lipinski definition) is 12. The molecular formula is C61H83N5O12. The molecule has 0 amide bonds. The number of allylic oxidation sites excluding steroid dienone is 3. The highest BCUT2D eigenvalue weighted by Crippen LogP contribution is 2.72. The van der Waals surface area contributed by atoms with Crippen molar-refractivity contribution in [1.82, 2.24) is 10.3 Å². The molecule has 4 saturated carbocycles. The van der Waals surface area contributed by atoms with Crippen LogP contribution in [0.15, 0.2) is 70.6 Å². The van der Waals surface area contributed by atoms with E-state index in [1.54, 1.807) is 37.4 Å². The first-order chi connectivity index (χ1) is 37.1. The number of phenols is 1. The first-order valence-corrected chi connectivity index (χ1v) is 28.8. The number of aliphatic hydroxyl groups is 7. The number of Topliss-reactive ketones (excluding diaryl/α,β-unsaturated/α-hetero) is 2. The van der Waals surface area contributed by atoms with Gasteiger partial charge in [-0.3, -0.25) is 19.4 Å². The van der Waals surface area contributed by atoms with Crippen molar-refractivity contribution in [2.45, 2.75) is 159 Å². The summed E-state index contributed by atoms with van der Waals surface area (Å²) in [6, 6.07) is 8.46. The Labute approximate surface area is 457 Å². The first kappa shape index (κ1) is 56.2. The third kappa shape index (κ3) is 9.93. The number of aromatic amines is 1. The lowest BCUT2D eigenvalue weighted by Crippen LogP contribution is -2.65. The topological polar surface area (TPSA) is 314 Å². The quantitative estimate of drug-likeness (QED) is 0.0357. The van der Waals surface area contributed by atoms with E-state index in [0.717, 1.165) is 30.4 Å². The van der Waals surface area contributed by atoms with E-state index in [4.69, 9.17) is 16.2 Å². The molecule has 17 heteroatoms. The molecule has 1 saturated heterocycles. The van der Waals surface area contributed by atoms with Gasteiger partial charge in [-0.2, -0.15) is 0 Å². The van der Waals surface area contributed by atoms with Crippen LogP contribution in [0.25, 0.3) is 0 Å². The van der Waals surface area contributed by atoms with Crippen LogP contribution in [-0.2, 0) is 25.5 Å². The summed E-state index contributed by atoms with van der Waals surface area (Å²) in [6.45, 7) is 5.61. The number of phenolic OH excluding ortho intramolecular Hbond substituents is 1. The number of fused-ring (bicyclic) bond motifs is 10. The Morgan fingerprint density at radius 3 is 2.45 bits per heavy atom. The minimum atomic E-state index is -2.05. The number of rotatable bonds is 12. The zero-order chi connectivity index (χ0) is 55.6. The molecule has 2 aromatic rings. The largest absolute Gasteiger partial charge is 0.508 e. The van der Waals surface area contributed by atoms with E-state index in [9.17, 15) is 50.4 Å². The Kier molecular flexibility index (Phi) is 15.7. The Hall–Kier alpha value is -5.06. The predicted molar refractivity (Wildman–Crippen MR) is 289 cm³/mol. The molecular weight excluding hydrogens is 995 g/mol. The smallest absolute Gasteiger partial charge is 0.313 e. The second-order valence-electron chi connectivity index (χ2n) is 25.6. The summed E-state index contributed by atoms with van der Waals surface area (Å²) in [6.07, 6.45) is 5.02. The summed E-state index contributed by atoms with van der Waals surface area (Å²) in [5, 5.41) is 99.9. The number of aliphatic imine (C=N–C) groups is 1. The van der Waals surface area contributed by atoms with E-state index in [1.807, 2.05) is 19.2 Å². The molecule has 2 heterocycles. The first-order valence-electron chi connectivity index (χ1n) is 28.8. The van der Waals surface area contributed by atoms with Gasteiger partial charge in [0.1, 0.15) is 5.75 Å². The van der Waals surface area contributed by atoms with E-state index in [1.165, 1.54) is 5.57 Å². The Balaban J connectivity index is 1.12. The highest BCUT2D eigenvalue weighted by atomic mass is 16.5. The fourth-order valence-electron chi connectivity index (χ4n) is 17.6. The molecule has 10 rings (SSSR count). The van der Waals surface area contributed by atoms with Gasteiger partial charge < -0.3 is 67.4 Å². The minimum Gasteiger partial charge on any atom is -0.508 e. The van der Waals surface area contributed by atoms with Crippen molar-refractivity contribution in [2.24, 2.45) is 92.4 Å². The van der Waals surface area contributed by atoms with E-state index < -0.39 is 93.8 Å². The molecule has 424 valence electrons. The second-order valence-corrected chi connectivity index (χ2v) is 25.6. The molecule has 8 aliphatic rings. The number of aryl methyl sites for hydroxylation is 1. The highest BCUT2D eigenvalue weighted by molar-refractivity contribution is 6.00. The molecule has 17 nitrogen and oxygen atoms in total. The molecule has 0 radical (unpaired) electrons. The lowest BCUT2D eigenvalue weighted by Gasteiger charge is -2.62. The number of hydrogen-bond acceptors (Lipinski definition) is 14. The molecule has 14 N–H and O–H groups in total. The van der Waals surface area contributed by atoms with Crippen LogP contribution in [0.5, 0.6) is 5.75 Å². The number of ether oxygens (including phenoxy) is 1. The number of benzene rings is 1. The number of cyclic esters (lactones) is 1. The number of nitrogens with zero attached hydrogens (tertiary/aromatic N) is 1. The summed E-state index contributed by atoms with van der Waals surface area (Å²) in [4.78, 5) is 50.6. The van der Waals surface area contributed by atoms with Gasteiger partial charge in [0.15, 0.2) is 23.8 Å². The molecule has 19 atom stereocenters. The van der Waals surface area contributed by atoms with Gasteiger partial charge in [-0.1, -0.05) is 43.5 Å². The number of aromatic hydroxyl groups is 1. The molecule has 1 aliphatic heterocycles. The molecule has 78 heavy (non-hydrogen) atoms. The van der Waals surface area contributed by atoms with Crippen LogP contribution in [0, 0.1) is 87.8 Å². The van der Waals surface area contributed by atoms with Gasteiger partial charge >= 0.3 is 5.97 Å². The standard InChI is InChI=1S/C61H83N5O12/c1-32-7-11-34-12-16-40-42(41(34)23-32)24-35(44-31-78-56(75)50(44)37-18-21-64-29-37)5-4-6-36-27-61(77)51-45(17-19-60(61,20-22-65-57(62)63)54(36)59(3,76)49(71)25-43(40)55(73)74)58(2)28-48(70)47(69)26-46(58)53(72)52(51)66-30-39(68)15-10-33-8-13-38(67)14-9-33/h8-9,12-14,18,21,29,32,35-36,40-50,54-55,64,66-67,69-71,73-74,76-77H,6-7,10-11,15-17,19-20,22-28,30-31H2,1-3H3,(H4,62,63,65). The van der Waals surface area contributed by atoms with Crippen molar-refractivity contribution in [2.75, 3.05) is 19.7 Å². The summed E-state index contributed by atoms with van der Waals surface area (Å²) in [7, 11) is 0. The fraction of sp³-hybridized carbons (Fsp3) is 0.672. The fourth-order valence-corrected chi connectivity index (χ4v) is 17.6. The van der Waals surface area contributed by atoms with Crippen LogP contribution in [0.3, 0.4) is 0 Å². The number of H-pyrrole nitrogens is 1. The Bertz CT molecular complexity index is 2720. The SMILES string of the molecule is CC1CCC2=CCC3C(C(O)O)CC(O)C(C)(O)C4C(CC#CC(C5COC(=O)C5c5cc[nH]c5)CC3C2C1)CC1(O)C2=C(NCC(=O)CCc3ccc(O)cc3)C(=O)C3CC(O)C(O)CC3(C)C2CCC41CCN=C(N)N. The van der Waals surface area contributed by atoms with Crippen LogP contribution in [-0.4, -0.2) is 125 Å². The number of aromatic nitrogens is 1. The van der Waals surface area contributed by atoms with Crippen LogP contribution in [0.2, 0.25) is 0 Å². The van der Waals surface area contributed by atoms with E-state index in [-0.39, 0.29) is 124 Å². The number of nitrogens with one attached hydrogen (secondary N) is 2. The van der Waals surface area contributed by atoms with Gasteiger partial charge in [-0.05, 0) is 166 Å². The monoisotopic (exact) mass is 1080 g/mol. The minimum absolute atomic E-state index is 0.00451. The third-order valence-corrected chi connectivity index (χ3v) is 21.3. The maximum absolute atomic E-state index is 15.4. The number of guanidine groups is 1. The molecule has 1 aromatic heterocycles. The number of carbonyl (C=O) groups excluding carboxylic acids is 3. The molecule has 0 bridgehead atoms. The van der Waals surface area contributed by atoms with Crippen LogP contribution < -0.4 is 16.8 Å². The van der Waals surface area contributed by atoms with E-state index in [2.05, 4.69) is 40.1 Å². The van der Waals surface area contributed by atoms with Crippen molar-refractivity contribution < 1.29 is 60.0 Å². The van der Waals surface area contributed by atoms with Crippen molar-refractivity contribution in [3.63, 3.8) is 0 Å². The molecule has 1 aromatic carbocycles. The average molecular weight is 1080 g/mol. The van der Waals surface area contributed by atoms with Crippen LogP contribution in [0.4, 0.5) is 0 Å². The van der Waals surface area contributed by atoms with Gasteiger partial charge in [0.05, 0.1) is 54.3 Å². The Morgan fingerprint density at radius 2 is 1.73 bits per heavy atom. The van der Waals surface area contributed by atoms with E-state index >= 15 is 4.79 Å². The van der Waals surface area contributed by atoms with Crippen molar-refractivity contribution in [3.05, 3.63) is 76.8 Å². The second kappa shape index (κ2) is 21.8. The average Bonchev–Trinajstić information content (AvgIpc) is 4.31. The highest BCUT2D eigenvalue weighted by Gasteiger charge is 2.74. The summed E-state index contributed by atoms with van der Waals surface area (Å²) >= 11 is 0. The lowest BCUT2D eigenvalue weighted by atomic mass is 9.44. The summed E-state index contributed by atoms with van der Waals surface area (Å²) in [5.74, 6) is 0.972. The van der Waals surface area contributed by atoms with Crippen molar-refractivity contribution in [3.8, 4) is 17.6 Å². The van der Waals surface area contributed by atoms with Crippen LogP contribution >= 0.6 is 0 Å². The van der Waals surface area contributed by atoms with Gasteiger partial charge in [-0.15, -0.1) is 5.92 Å². The normalized spacial score (nSPS) is 41.4. The zero-order valence-corrected chi connectivity index (χ0v) is 45.4. The number of esters is 1. The maximum Gasteiger partial charge on any atom is 0.313 e. The maximum atomic E-state index is 15.4. The third-order valence-electron chi connectivity index (χ3n) is 21.3. The summed E-state index contributed by atoms with van der Waals surface area (Å²) < 4.78 is 5.89. The van der Waals surface area contributed by atoms with Crippen LogP contribution in [0.1, 0.15) is 128 Å². The van der Waals surface area contributed by atoms with Gasteiger partial charge in [0, 0.05) is 66.8 Å². The predicted octanol–water partition coefficient (Wildman–Crippen LogP) is 4.01. The lowest BCUT2D eigenvalue weighted by molar-refractivity contribution is -0.197. The van der Waals surface area contributed by atoms with Crippen molar-refractivity contribution in [1.29, 1.82) is 0 Å². The number of nitrogens with two attached hydrogens (primary N) is 2. The van der Waals surface area contributed by atoms with Gasteiger partial charge in [0.2, 0.25) is 0 Å². The molecule has 19 unspecified atom stereocenters. The molecule has 5 fully saturated rings.